The Morgan fingerprint density at radius 3 is 2.71 bits per heavy atom. The Kier molecular flexibility index (Phi) is 4.73. The first kappa shape index (κ1) is 20.0. The summed E-state index contributed by atoms with van der Waals surface area (Å²) in [5.41, 5.74) is 7.88. The number of carbonyl (C=O) groups excluding carboxylic acids is 2. The van der Waals surface area contributed by atoms with Crippen LogP contribution in [-0.4, -0.2) is 69.8 Å². The number of nitrogens with two attached hydrogens (primary N) is 1. The number of benzene rings is 1. The Morgan fingerprint density at radius 1 is 1.32 bits per heavy atom. The summed E-state index contributed by atoms with van der Waals surface area (Å²) in [7, 11) is 0. The molecule has 2 bridgehead atoms. The maximum absolute atomic E-state index is 13.1. The van der Waals surface area contributed by atoms with Crippen LogP contribution in [0.1, 0.15) is 37.8 Å². The van der Waals surface area contributed by atoms with Crippen LogP contribution in [-0.2, 0) is 9.59 Å². The molecule has 0 aromatic heterocycles. The van der Waals surface area contributed by atoms with Gasteiger partial charge in [-0.15, -0.1) is 0 Å². The van der Waals surface area contributed by atoms with Crippen molar-refractivity contribution in [2.75, 3.05) is 13.1 Å². The molecular weight excluding hydrogens is 392 g/mol. The zero-order valence-electron chi connectivity index (χ0n) is 17.5. The maximum Gasteiger partial charge on any atom is 0.242 e. The predicted molar refractivity (Wildman–Crippen MR) is 112 cm³/mol. The van der Waals surface area contributed by atoms with Gasteiger partial charge >= 0.3 is 0 Å². The fraction of sp³-hybridized carbons (Fsp3) is 0.565. The highest BCUT2D eigenvalue weighted by molar-refractivity contribution is 5.87. The van der Waals surface area contributed by atoms with Gasteiger partial charge in [0.05, 0.1) is 30.8 Å². The average Bonchev–Trinajstić information content (AvgIpc) is 3.11. The van der Waals surface area contributed by atoms with Gasteiger partial charge in [-0.1, -0.05) is 24.3 Å². The lowest BCUT2D eigenvalue weighted by Crippen LogP contribution is -2.57. The fourth-order valence-corrected chi connectivity index (χ4v) is 5.80. The van der Waals surface area contributed by atoms with E-state index in [1.165, 1.54) is 0 Å². The van der Waals surface area contributed by atoms with Crippen molar-refractivity contribution in [2.45, 2.75) is 62.4 Å². The monoisotopic (exact) mass is 418 g/mol. The molecule has 160 valence electrons. The largest absolute Gasteiger partial charge is 0.330 e. The third kappa shape index (κ3) is 3.18. The van der Waals surface area contributed by atoms with E-state index in [1.54, 1.807) is 17.0 Å². The quantitative estimate of drug-likeness (QED) is 0.730. The van der Waals surface area contributed by atoms with E-state index in [9.17, 15) is 14.9 Å². The lowest BCUT2D eigenvalue weighted by atomic mass is 10.0. The third-order valence-electron chi connectivity index (χ3n) is 7.49. The topological polar surface area (TPSA) is 98.0 Å². The van der Waals surface area contributed by atoms with E-state index >= 15 is 0 Å². The molecule has 8 heteroatoms. The van der Waals surface area contributed by atoms with Gasteiger partial charge < -0.3 is 15.5 Å². The lowest BCUT2D eigenvalue weighted by molar-refractivity contribution is -0.141. The second kappa shape index (κ2) is 7.33. The molecule has 3 aliphatic heterocycles. The van der Waals surface area contributed by atoms with E-state index in [-0.39, 0.29) is 42.0 Å². The molecule has 2 N–H and O–H groups in total. The lowest BCUT2D eigenvalue weighted by Gasteiger charge is -2.38. The summed E-state index contributed by atoms with van der Waals surface area (Å²) in [5.74, 6) is 0.386. The SMILES string of the molecule is [C-]#[N+]c1ccc([C@H](C)N2C(=O)[C@H]3C[C@@H]2CN3C[C@H](N)C(=O)N2[C@H](C#N)CC3C[C@@H]32)cc1. The smallest absolute Gasteiger partial charge is 0.242 e. The van der Waals surface area contributed by atoms with Crippen molar-refractivity contribution in [3.8, 4) is 6.07 Å². The second-order valence-corrected chi connectivity index (χ2v) is 9.28. The van der Waals surface area contributed by atoms with Crippen LogP contribution in [0.5, 0.6) is 0 Å². The summed E-state index contributed by atoms with van der Waals surface area (Å²) in [6.45, 7) is 10.2. The van der Waals surface area contributed by atoms with Crippen molar-refractivity contribution in [3.63, 3.8) is 0 Å². The fourth-order valence-electron chi connectivity index (χ4n) is 5.80. The number of amides is 2. The summed E-state index contributed by atoms with van der Waals surface area (Å²) >= 11 is 0. The van der Waals surface area contributed by atoms with Crippen LogP contribution in [0.15, 0.2) is 24.3 Å². The molecule has 7 atom stereocenters. The first-order chi connectivity index (χ1) is 14.9. The molecule has 0 radical (unpaired) electrons. The van der Waals surface area contributed by atoms with Gasteiger partial charge in [-0.05, 0) is 37.7 Å². The molecular formula is C23H26N6O2. The number of nitriles is 1. The number of nitrogens with zero attached hydrogens (tertiary/aromatic N) is 5. The second-order valence-electron chi connectivity index (χ2n) is 9.28. The minimum atomic E-state index is -0.714. The van der Waals surface area contributed by atoms with E-state index in [0.717, 1.165) is 24.8 Å². The van der Waals surface area contributed by atoms with E-state index in [0.29, 0.717) is 24.7 Å². The number of rotatable bonds is 5. The van der Waals surface area contributed by atoms with Gasteiger partial charge in [-0.25, -0.2) is 4.85 Å². The summed E-state index contributed by atoms with van der Waals surface area (Å²) in [4.78, 5) is 35.2. The minimum Gasteiger partial charge on any atom is -0.330 e. The molecule has 4 fully saturated rings. The van der Waals surface area contributed by atoms with Gasteiger partial charge in [0.25, 0.3) is 0 Å². The molecule has 1 aromatic rings. The number of fused-ring (bicyclic) bond motifs is 3. The Labute approximate surface area is 182 Å². The summed E-state index contributed by atoms with van der Waals surface area (Å²) in [6.07, 6.45) is 2.49. The minimum absolute atomic E-state index is 0.0625. The van der Waals surface area contributed by atoms with Crippen LogP contribution in [0.4, 0.5) is 5.69 Å². The highest BCUT2D eigenvalue weighted by atomic mass is 16.2. The van der Waals surface area contributed by atoms with Gasteiger partial charge in [-0.3, -0.25) is 14.5 Å². The number of likely N-dealkylation sites (tertiary alicyclic amines) is 3. The van der Waals surface area contributed by atoms with E-state index in [1.807, 2.05) is 28.9 Å². The molecule has 1 saturated carbocycles. The van der Waals surface area contributed by atoms with Crippen LogP contribution < -0.4 is 5.73 Å². The molecule has 3 saturated heterocycles. The van der Waals surface area contributed by atoms with Crippen LogP contribution in [0.2, 0.25) is 0 Å². The Hall–Kier alpha value is -2.94. The highest BCUT2D eigenvalue weighted by Crippen LogP contribution is 2.48. The number of piperazine rings is 1. The van der Waals surface area contributed by atoms with E-state index in [2.05, 4.69) is 10.9 Å². The molecule has 1 unspecified atom stereocenters. The predicted octanol–water partition coefficient (Wildman–Crippen LogP) is 1.42. The molecule has 1 aromatic carbocycles. The van der Waals surface area contributed by atoms with Crippen LogP contribution in [0, 0.1) is 23.8 Å². The average molecular weight is 419 g/mol. The van der Waals surface area contributed by atoms with Gasteiger partial charge in [-0.2, -0.15) is 5.26 Å². The molecule has 8 nitrogen and oxygen atoms in total. The molecule has 2 amide bonds. The van der Waals surface area contributed by atoms with Crippen molar-refractivity contribution < 1.29 is 9.59 Å². The Morgan fingerprint density at radius 2 is 2.06 bits per heavy atom. The number of hydrogen-bond donors (Lipinski definition) is 1. The zero-order chi connectivity index (χ0) is 21.9. The summed E-state index contributed by atoms with van der Waals surface area (Å²) in [5, 5.41) is 9.35. The summed E-state index contributed by atoms with van der Waals surface area (Å²) < 4.78 is 0. The number of piperidine rings is 1. The number of hydrogen-bond acceptors (Lipinski definition) is 5. The molecule has 31 heavy (non-hydrogen) atoms. The molecule has 4 aliphatic rings. The standard InChI is InChI=1S/C23H26N6O2/c1-13(14-3-5-16(26-2)6-4-14)28-18-9-21(23(28)31)27(11-18)12-19(25)22(30)29-17(10-24)7-15-8-20(15)29/h3-6,13,15,17-21H,7-9,11-12,25H2,1H3/t13-,15?,17-,18+,19-,20-,21+/m0/s1. The number of carbonyl (C=O) groups is 2. The molecule has 0 spiro atoms. The first-order valence-corrected chi connectivity index (χ1v) is 10.9. The molecule has 1 aliphatic carbocycles. The zero-order valence-corrected chi connectivity index (χ0v) is 17.5. The van der Waals surface area contributed by atoms with Crippen molar-refractivity contribution in [2.24, 2.45) is 11.7 Å². The molecule has 5 rings (SSSR count). The Bertz CT molecular complexity index is 995. The van der Waals surface area contributed by atoms with Crippen molar-refractivity contribution in [3.05, 3.63) is 41.2 Å². The summed E-state index contributed by atoms with van der Waals surface area (Å²) in [6, 6.07) is 8.54. The Balaban J connectivity index is 1.23. The van der Waals surface area contributed by atoms with Gasteiger partial charge in [0.2, 0.25) is 11.8 Å². The van der Waals surface area contributed by atoms with E-state index < -0.39 is 6.04 Å². The van der Waals surface area contributed by atoms with E-state index in [4.69, 9.17) is 12.3 Å². The third-order valence-corrected chi connectivity index (χ3v) is 7.49. The first-order valence-electron chi connectivity index (χ1n) is 10.9. The molecule has 3 heterocycles. The normalized spacial score (nSPS) is 33.0. The highest BCUT2D eigenvalue weighted by Gasteiger charge is 2.56. The van der Waals surface area contributed by atoms with Crippen molar-refractivity contribution in [1.82, 2.24) is 14.7 Å². The van der Waals surface area contributed by atoms with Crippen LogP contribution in [0.3, 0.4) is 0 Å². The van der Waals surface area contributed by atoms with Gasteiger partial charge in [0.15, 0.2) is 5.69 Å². The van der Waals surface area contributed by atoms with Gasteiger partial charge in [0.1, 0.15) is 6.04 Å². The van der Waals surface area contributed by atoms with Crippen molar-refractivity contribution in [1.29, 1.82) is 5.26 Å². The maximum atomic E-state index is 13.1. The van der Waals surface area contributed by atoms with Crippen LogP contribution >= 0.6 is 0 Å². The van der Waals surface area contributed by atoms with Gasteiger partial charge in [0, 0.05) is 25.2 Å². The van der Waals surface area contributed by atoms with Crippen LogP contribution in [0.25, 0.3) is 4.85 Å². The van der Waals surface area contributed by atoms with Crippen molar-refractivity contribution >= 4 is 17.5 Å².